The molecule has 36 heavy (non-hydrogen) atoms. The summed E-state index contributed by atoms with van der Waals surface area (Å²) in [5.41, 5.74) is 7.22. The van der Waals surface area contributed by atoms with Crippen molar-refractivity contribution in [2.24, 2.45) is 5.73 Å². The molecule has 0 unspecified atom stereocenters. The molecule has 2 aliphatic carbocycles. The molecule has 3 aromatic rings. The number of aromatic nitrogens is 2. The van der Waals surface area contributed by atoms with Crippen LogP contribution in [0.2, 0.25) is 0 Å². The van der Waals surface area contributed by atoms with Crippen LogP contribution in [-0.2, 0) is 14.6 Å². The van der Waals surface area contributed by atoms with E-state index >= 15 is 0 Å². The highest BCUT2D eigenvalue weighted by Gasteiger charge is 2.38. The predicted octanol–water partition coefficient (Wildman–Crippen LogP) is 5.01. The first-order valence-corrected chi connectivity index (χ1v) is 14.3. The Balaban J connectivity index is 1.40. The van der Waals surface area contributed by atoms with Gasteiger partial charge in [0, 0.05) is 29.4 Å². The first kappa shape index (κ1) is 24.5. The fourth-order valence-corrected chi connectivity index (χ4v) is 7.61. The number of ether oxygens (including phenoxy) is 2. The average Bonchev–Trinajstić information content (AvgIpc) is 3.63. The Morgan fingerprint density at radius 1 is 1.03 bits per heavy atom. The van der Waals surface area contributed by atoms with Crippen LogP contribution in [0.5, 0.6) is 5.88 Å². The SMILES string of the molecule is COc1ccc(Nc2ccc(-c3cnc(C4CCC(OC(N)=O)CC4)s3)c(S(=O)(=O)C3CC3)c2)cn1. The van der Waals surface area contributed by atoms with Gasteiger partial charge in [0.15, 0.2) is 9.84 Å². The molecule has 9 nitrogen and oxygen atoms in total. The number of anilines is 2. The molecule has 2 aromatic heterocycles. The summed E-state index contributed by atoms with van der Waals surface area (Å²) in [7, 11) is -1.91. The molecule has 0 bridgehead atoms. The van der Waals surface area contributed by atoms with Crippen molar-refractivity contribution in [1.29, 1.82) is 0 Å². The molecule has 2 aliphatic rings. The van der Waals surface area contributed by atoms with Crippen LogP contribution in [0, 0.1) is 0 Å². The maximum atomic E-state index is 13.4. The Kier molecular flexibility index (Phi) is 6.85. The summed E-state index contributed by atoms with van der Waals surface area (Å²) in [4.78, 5) is 21.0. The number of carbonyl (C=O) groups excluding carboxylic acids is 1. The lowest BCUT2D eigenvalue weighted by Gasteiger charge is -2.26. The smallest absolute Gasteiger partial charge is 0.404 e. The van der Waals surface area contributed by atoms with E-state index in [1.54, 1.807) is 31.6 Å². The van der Waals surface area contributed by atoms with Crippen LogP contribution >= 0.6 is 11.3 Å². The number of benzene rings is 1. The first-order valence-electron chi connectivity index (χ1n) is 11.9. The van der Waals surface area contributed by atoms with Crippen molar-refractivity contribution in [3.63, 3.8) is 0 Å². The third-order valence-electron chi connectivity index (χ3n) is 6.58. The number of pyridine rings is 1. The molecule has 3 N–H and O–H groups in total. The molecule has 5 rings (SSSR count). The Morgan fingerprint density at radius 2 is 1.78 bits per heavy atom. The van der Waals surface area contributed by atoms with Crippen LogP contribution < -0.4 is 15.8 Å². The monoisotopic (exact) mass is 528 g/mol. The number of sulfone groups is 1. The number of carbonyl (C=O) groups is 1. The van der Waals surface area contributed by atoms with Gasteiger partial charge in [-0.25, -0.2) is 23.2 Å². The minimum absolute atomic E-state index is 0.144. The topological polar surface area (TPSA) is 134 Å². The van der Waals surface area contributed by atoms with E-state index in [9.17, 15) is 13.2 Å². The standard InChI is InChI=1S/C25H28N4O5S2/c1-33-23-11-5-17(13-27-23)29-16-4-10-20(22(12-16)36(31,32)19-8-9-19)21-14-28-24(35-21)15-2-6-18(7-3-15)34-25(26)30/h4-5,10-15,18-19,29H,2-3,6-9H2,1H3,(H2,26,30). The van der Waals surface area contributed by atoms with Crippen LogP contribution in [0.15, 0.2) is 47.6 Å². The number of rotatable bonds is 8. The van der Waals surface area contributed by atoms with Gasteiger partial charge in [0.05, 0.1) is 39.0 Å². The lowest BCUT2D eigenvalue weighted by atomic mass is 9.88. The maximum absolute atomic E-state index is 13.4. The van der Waals surface area contributed by atoms with Gasteiger partial charge in [0.2, 0.25) is 5.88 Å². The van der Waals surface area contributed by atoms with Crippen LogP contribution in [0.4, 0.5) is 16.2 Å². The summed E-state index contributed by atoms with van der Waals surface area (Å²) >= 11 is 1.53. The summed E-state index contributed by atoms with van der Waals surface area (Å²) in [5, 5.41) is 3.89. The van der Waals surface area contributed by atoms with E-state index in [-0.39, 0.29) is 17.3 Å². The molecule has 1 amide bonds. The molecule has 0 spiro atoms. The van der Waals surface area contributed by atoms with Crippen molar-refractivity contribution in [1.82, 2.24) is 9.97 Å². The van der Waals surface area contributed by atoms with Gasteiger partial charge in [-0.2, -0.15) is 0 Å². The number of nitrogens with two attached hydrogens (primary N) is 1. The number of amides is 1. The van der Waals surface area contributed by atoms with Crippen molar-refractivity contribution in [2.45, 2.75) is 60.7 Å². The Labute approximate surface area is 214 Å². The highest BCUT2D eigenvalue weighted by molar-refractivity contribution is 7.92. The normalized spacial score (nSPS) is 20.0. The van der Waals surface area contributed by atoms with E-state index < -0.39 is 15.9 Å². The molecule has 2 saturated carbocycles. The number of nitrogens with zero attached hydrogens (tertiary/aromatic N) is 2. The Bertz CT molecular complexity index is 1350. The zero-order valence-electron chi connectivity index (χ0n) is 19.8. The second-order valence-electron chi connectivity index (χ2n) is 9.14. The van der Waals surface area contributed by atoms with Crippen LogP contribution in [0.3, 0.4) is 0 Å². The van der Waals surface area contributed by atoms with E-state index in [0.717, 1.165) is 41.3 Å². The van der Waals surface area contributed by atoms with Gasteiger partial charge in [-0.15, -0.1) is 11.3 Å². The maximum Gasteiger partial charge on any atom is 0.404 e. The van der Waals surface area contributed by atoms with Crippen LogP contribution in [-0.4, -0.2) is 42.9 Å². The molecule has 0 radical (unpaired) electrons. The minimum atomic E-state index is -3.46. The third kappa shape index (κ3) is 5.31. The number of nitrogens with one attached hydrogen (secondary N) is 1. The highest BCUT2D eigenvalue weighted by atomic mass is 32.2. The van der Waals surface area contributed by atoms with Gasteiger partial charge < -0.3 is 20.5 Å². The number of primary amides is 1. The van der Waals surface area contributed by atoms with Crippen LogP contribution in [0.1, 0.15) is 49.5 Å². The molecule has 1 aromatic carbocycles. The van der Waals surface area contributed by atoms with E-state index in [0.29, 0.717) is 34.9 Å². The third-order valence-corrected chi connectivity index (χ3v) is 10.1. The molecule has 2 fully saturated rings. The summed E-state index contributed by atoms with van der Waals surface area (Å²) in [5.74, 6) is 0.756. The zero-order valence-corrected chi connectivity index (χ0v) is 21.5. The number of hydrogen-bond donors (Lipinski definition) is 2. The quantitative estimate of drug-likeness (QED) is 0.417. The number of hydrogen-bond acceptors (Lipinski definition) is 9. The van der Waals surface area contributed by atoms with Gasteiger partial charge in [-0.1, -0.05) is 6.07 Å². The Morgan fingerprint density at radius 3 is 2.42 bits per heavy atom. The number of thiazole rings is 1. The molecule has 0 atom stereocenters. The second-order valence-corrected chi connectivity index (χ2v) is 12.4. The van der Waals surface area contributed by atoms with Crippen LogP contribution in [0.25, 0.3) is 10.4 Å². The summed E-state index contributed by atoms with van der Waals surface area (Å²) in [6.45, 7) is 0. The highest BCUT2D eigenvalue weighted by Crippen LogP contribution is 2.43. The Hall–Kier alpha value is -3.18. The molecular weight excluding hydrogens is 500 g/mol. The molecule has 0 saturated heterocycles. The van der Waals surface area contributed by atoms with Crippen molar-refractivity contribution in [3.8, 4) is 16.3 Å². The van der Waals surface area contributed by atoms with E-state index in [1.807, 2.05) is 18.2 Å². The second kappa shape index (κ2) is 10.1. The fourth-order valence-electron chi connectivity index (χ4n) is 4.53. The average molecular weight is 529 g/mol. The van der Waals surface area contributed by atoms with Gasteiger partial charge >= 0.3 is 6.09 Å². The summed E-state index contributed by atoms with van der Waals surface area (Å²) in [6, 6.07) is 9.00. The van der Waals surface area contributed by atoms with Crippen molar-refractivity contribution in [2.75, 3.05) is 12.4 Å². The van der Waals surface area contributed by atoms with Gasteiger partial charge in [0.25, 0.3) is 0 Å². The number of methoxy groups -OCH3 is 1. The van der Waals surface area contributed by atoms with Gasteiger partial charge in [0.1, 0.15) is 6.10 Å². The molecular formula is C25H28N4O5S2. The zero-order chi connectivity index (χ0) is 25.3. The molecule has 2 heterocycles. The van der Waals surface area contributed by atoms with Crippen molar-refractivity contribution < 1.29 is 22.7 Å². The fraction of sp³-hybridized carbons (Fsp3) is 0.400. The lowest BCUT2D eigenvalue weighted by Crippen LogP contribution is -2.26. The first-order chi connectivity index (χ1) is 17.3. The van der Waals surface area contributed by atoms with Crippen molar-refractivity contribution >= 4 is 38.6 Å². The van der Waals surface area contributed by atoms with Gasteiger partial charge in [-0.05, 0) is 56.7 Å². The van der Waals surface area contributed by atoms with E-state index in [2.05, 4.69) is 15.3 Å². The lowest BCUT2D eigenvalue weighted by molar-refractivity contribution is 0.0787. The molecule has 0 aliphatic heterocycles. The predicted molar refractivity (Wildman–Crippen MR) is 137 cm³/mol. The van der Waals surface area contributed by atoms with E-state index in [4.69, 9.17) is 15.2 Å². The minimum Gasteiger partial charge on any atom is -0.481 e. The van der Waals surface area contributed by atoms with E-state index in [1.165, 1.54) is 11.3 Å². The van der Waals surface area contributed by atoms with Gasteiger partial charge in [-0.3, -0.25) is 0 Å². The molecule has 11 heteroatoms. The summed E-state index contributed by atoms with van der Waals surface area (Å²) < 4.78 is 37.0. The molecule has 190 valence electrons. The van der Waals surface area contributed by atoms with Crippen molar-refractivity contribution in [3.05, 3.63) is 47.7 Å². The summed E-state index contributed by atoms with van der Waals surface area (Å²) in [6.07, 6.45) is 7.07. The largest absolute Gasteiger partial charge is 0.481 e.